The zero-order valence-corrected chi connectivity index (χ0v) is 20.7. The summed E-state index contributed by atoms with van der Waals surface area (Å²) in [7, 11) is 0. The maximum Gasteiger partial charge on any atom is 0.186 e. The van der Waals surface area contributed by atoms with Crippen molar-refractivity contribution in [3.63, 3.8) is 0 Å². The molecule has 186 valence electrons. The monoisotopic (exact) mass is 444 g/mol. The van der Waals surface area contributed by atoms with Crippen LogP contribution in [0.2, 0.25) is 0 Å². The van der Waals surface area contributed by atoms with Crippen LogP contribution in [-0.2, 0) is 14.2 Å². The Morgan fingerprint density at radius 1 is 0.613 bits per heavy atom. The van der Waals surface area contributed by atoms with Gasteiger partial charge in [-0.05, 0) is 12.8 Å². The Morgan fingerprint density at radius 2 is 1.03 bits per heavy atom. The van der Waals surface area contributed by atoms with Crippen LogP contribution in [0.25, 0.3) is 0 Å². The third-order valence-corrected chi connectivity index (χ3v) is 6.48. The number of rotatable bonds is 20. The van der Waals surface area contributed by atoms with E-state index in [4.69, 9.17) is 14.2 Å². The highest BCUT2D eigenvalue weighted by atomic mass is 16.7. The van der Waals surface area contributed by atoms with E-state index in [2.05, 4.69) is 13.8 Å². The van der Waals surface area contributed by atoms with Gasteiger partial charge in [-0.3, -0.25) is 0 Å². The van der Waals surface area contributed by atoms with Crippen LogP contribution in [0.1, 0.15) is 124 Å². The molecule has 0 bridgehead atoms. The van der Waals surface area contributed by atoms with Gasteiger partial charge in [0.2, 0.25) is 0 Å². The first-order valence-corrected chi connectivity index (χ1v) is 13.4. The summed E-state index contributed by atoms with van der Waals surface area (Å²) in [5, 5.41) is 20.9. The summed E-state index contributed by atoms with van der Waals surface area (Å²) in [6.45, 7) is 7.54. The lowest BCUT2D eigenvalue weighted by Crippen LogP contribution is -2.55. The van der Waals surface area contributed by atoms with Gasteiger partial charge in [-0.1, -0.05) is 111 Å². The fourth-order valence-electron chi connectivity index (χ4n) is 4.26. The van der Waals surface area contributed by atoms with Crippen LogP contribution in [0.4, 0.5) is 0 Å². The third-order valence-electron chi connectivity index (χ3n) is 6.48. The van der Waals surface area contributed by atoms with E-state index in [1.807, 2.05) is 6.92 Å². The predicted octanol–water partition coefficient (Wildman–Crippen LogP) is 6.34. The summed E-state index contributed by atoms with van der Waals surface area (Å²) in [5.74, 6) is -0.221. The Labute approximate surface area is 192 Å². The number of hydrogen-bond acceptors (Lipinski definition) is 5. The molecule has 31 heavy (non-hydrogen) atoms. The molecule has 1 aliphatic heterocycles. The SMILES string of the molecule is CCCCCCCCCCOC1OC(O)C(OCCCCCCCCCC)C(C)C1O. The van der Waals surface area contributed by atoms with Crippen LogP contribution in [0, 0.1) is 5.92 Å². The van der Waals surface area contributed by atoms with Gasteiger partial charge in [0.1, 0.15) is 12.2 Å². The van der Waals surface area contributed by atoms with Gasteiger partial charge in [0.15, 0.2) is 12.6 Å². The molecule has 1 saturated heterocycles. The highest BCUT2D eigenvalue weighted by Crippen LogP contribution is 2.28. The standard InChI is InChI=1S/C26H52O5/c1-4-6-8-10-12-14-16-18-20-29-24-22(3)23(27)26(31-25(24)28)30-21-19-17-15-13-11-9-7-5-2/h22-28H,4-21H2,1-3H3. The fourth-order valence-corrected chi connectivity index (χ4v) is 4.26. The van der Waals surface area contributed by atoms with Crippen LogP contribution >= 0.6 is 0 Å². The molecule has 0 aromatic carbocycles. The van der Waals surface area contributed by atoms with Crippen LogP contribution in [0.5, 0.6) is 0 Å². The van der Waals surface area contributed by atoms with Gasteiger partial charge in [-0.25, -0.2) is 0 Å². The van der Waals surface area contributed by atoms with Crippen molar-refractivity contribution in [3.8, 4) is 0 Å². The van der Waals surface area contributed by atoms with Gasteiger partial charge in [-0.15, -0.1) is 0 Å². The van der Waals surface area contributed by atoms with Crippen LogP contribution < -0.4 is 0 Å². The molecule has 5 atom stereocenters. The maximum absolute atomic E-state index is 10.6. The second kappa shape index (κ2) is 19.3. The predicted molar refractivity (Wildman–Crippen MR) is 127 cm³/mol. The summed E-state index contributed by atoms with van der Waals surface area (Å²) in [6.07, 6.45) is 16.8. The van der Waals surface area contributed by atoms with Gasteiger partial charge in [0.25, 0.3) is 0 Å². The maximum atomic E-state index is 10.6. The van der Waals surface area contributed by atoms with E-state index in [0.29, 0.717) is 13.2 Å². The van der Waals surface area contributed by atoms with Gasteiger partial charge in [0.05, 0.1) is 0 Å². The largest absolute Gasteiger partial charge is 0.387 e. The average molecular weight is 445 g/mol. The molecule has 0 aliphatic carbocycles. The quantitative estimate of drug-likeness (QED) is 0.214. The summed E-state index contributed by atoms with van der Waals surface area (Å²) in [5.41, 5.74) is 0. The van der Waals surface area contributed by atoms with E-state index in [-0.39, 0.29) is 5.92 Å². The minimum Gasteiger partial charge on any atom is -0.387 e. The Morgan fingerprint density at radius 3 is 1.52 bits per heavy atom. The highest BCUT2D eigenvalue weighted by molar-refractivity contribution is 4.83. The summed E-state index contributed by atoms with van der Waals surface area (Å²) in [6, 6.07) is 0. The summed E-state index contributed by atoms with van der Waals surface area (Å²) < 4.78 is 17.2. The number of aliphatic hydroxyl groups is 2. The smallest absolute Gasteiger partial charge is 0.186 e. The van der Waals surface area contributed by atoms with Gasteiger partial charge in [0, 0.05) is 19.1 Å². The highest BCUT2D eigenvalue weighted by Gasteiger charge is 2.43. The molecule has 5 heteroatoms. The molecule has 5 nitrogen and oxygen atoms in total. The van der Waals surface area contributed by atoms with E-state index >= 15 is 0 Å². The topological polar surface area (TPSA) is 68.2 Å². The lowest BCUT2D eigenvalue weighted by molar-refractivity contribution is -0.335. The molecule has 1 rings (SSSR count). The van der Waals surface area contributed by atoms with Crippen molar-refractivity contribution >= 4 is 0 Å². The Kier molecular flexibility index (Phi) is 17.9. The van der Waals surface area contributed by atoms with Gasteiger partial charge >= 0.3 is 0 Å². The number of unbranched alkanes of at least 4 members (excludes halogenated alkanes) is 14. The Balaban J connectivity index is 2.10. The fraction of sp³-hybridized carbons (Fsp3) is 1.00. The van der Waals surface area contributed by atoms with Crippen molar-refractivity contribution in [1.82, 2.24) is 0 Å². The molecular weight excluding hydrogens is 392 g/mol. The van der Waals surface area contributed by atoms with E-state index in [0.717, 1.165) is 25.7 Å². The zero-order valence-electron chi connectivity index (χ0n) is 20.7. The van der Waals surface area contributed by atoms with Crippen molar-refractivity contribution in [2.75, 3.05) is 13.2 Å². The number of hydrogen-bond donors (Lipinski definition) is 2. The minimum absolute atomic E-state index is 0.221. The summed E-state index contributed by atoms with van der Waals surface area (Å²) in [4.78, 5) is 0. The van der Waals surface area contributed by atoms with Crippen molar-refractivity contribution < 1.29 is 24.4 Å². The van der Waals surface area contributed by atoms with Crippen molar-refractivity contribution in [3.05, 3.63) is 0 Å². The number of aliphatic hydroxyl groups excluding tert-OH is 2. The van der Waals surface area contributed by atoms with Crippen LogP contribution in [0.3, 0.4) is 0 Å². The first kappa shape index (κ1) is 28.8. The minimum atomic E-state index is -1.05. The zero-order chi connectivity index (χ0) is 22.7. The molecule has 1 fully saturated rings. The van der Waals surface area contributed by atoms with E-state index in [1.165, 1.54) is 77.0 Å². The van der Waals surface area contributed by atoms with Crippen molar-refractivity contribution in [2.24, 2.45) is 5.92 Å². The number of ether oxygens (including phenoxy) is 3. The molecule has 0 aromatic rings. The molecule has 0 radical (unpaired) electrons. The van der Waals surface area contributed by atoms with Crippen molar-refractivity contribution in [2.45, 2.75) is 148 Å². The Bertz CT molecular complexity index is 392. The molecule has 5 unspecified atom stereocenters. The van der Waals surface area contributed by atoms with E-state index in [9.17, 15) is 10.2 Å². The summed E-state index contributed by atoms with van der Waals surface area (Å²) >= 11 is 0. The van der Waals surface area contributed by atoms with Crippen molar-refractivity contribution in [1.29, 1.82) is 0 Å². The van der Waals surface area contributed by atoms with E-state index in [1.54, 1.807) is 0 Å². The second-order valence-electron chi connectivity index (χ2n) is 9.40. The molecular formula is C26H52O5. The molecule has 0 amide bonds. The molecule has 2 N–H and O–H groups in total. The first-order valence-electron chi connectivity index (χ1n) is 13.4. The third kappa shape index (κ3) is 13.2. The lowest BCUT2D eigenvalue weighted by Gasteiger charge is -2.41. The molecule has 0 spiro atoms. The van der Waals surface area contributed by atoms with E-state index < -0.39 is 24.8 Å². The molecule has 1 aliphatic rings. The lowest BCUT2D eigenvalue weighted by atomic mass is 9.94. The van der Waals surface area contributed by atoms with Crippen LogP contribution in [-0.4, -0.2) is 48.2 Å². The molecule has 0 aromatic heterocycles. The Hall–Kier alpha value is -0.200. The normalized spacial score (nSPS) is 26.4. The van der Waals surface area contributed by atoms with Gasteiger partial charge in [-0.2, -0.15) is 0 Å². The second-order valence-corrected chi connectivity index (χ2v) is 9.40. The first-order chi connectivity index (χ1) is 15.1. The van der Waals surface area contributed by atoms with Gasteiger partial charge < -0.3 is 24.4 Å². The average Bonchev–Trinajstić information content (AvgIpc) is 2.76. The molecule has 0 saturated carbocycles. The molecule has 1 heterocycles. The van der Waals surface area contributed by atoms with Crippen LogP contribution in [0.15, 0.2) is 0 Å².